The van der Waals surface area contributed by atoms with Crippen LogP contribution in [-0.2, 0) is 62.0 Å². The van der Waals surface area contributed by atoms with E-state index in [1.54, 1.807) is 0 Å². The lowest BCUT2D eigenvalue weighted by Crippen LogP contribution is -2.55. The quantitative estimate of drug-likeness (QED) is 0.259. The number of carbonyl (C=O) groups excluding carboxylic acids is 7. The smallest absolute Gasteiger partial charge is 0.303 e. The van der Waals surface area contributed by atoms with Crippen LogP contribution in [0.3, 0.4) is 0 Å². The van der Waals surface area contributed by atoms with Crippen LogP contribution in [0.5, 0.6) is 0 Å². The minimum atomic E-state index is -1.93. The summed E-state index contributed by atoms with van der Waals surface area (Å²) in [6.07, 6.45) is -7.12. The van der Waals surface area contributed by atoms with Crippen molar-refractivity contribution >= 4 is 41.6 Å². The third-order valence-corrected chi connectivity index (χ3v) is 3.39. The summed E-state index contributed by atoms with van der Waals surface area (Å²) in [5, 5.41) is 0. The van der Waals surface area contributed by atoms with Crippen LogP contribution < -0.4 is 0 Å². The summed E-state index contributed by atoms with van der Waals surface area (Å²) >= 11 is 0. The fourth-order valence-electron chi connectivity index (χ4n) is 2.40. The van der Waals surface area contributed by atoms with Gasteiger partial charge in [-0.3, -0.25) is 33.6 Å². The maximum atomic E-state index is 12.6. The Morgan fingerprint density at radius 3 is 1.38 bits per heavy atom. The molecule has 0 aliphatic heterocycles. The highest BCUT2D eigenvalue weighted by molar-refractivity contribution is 5.88. The van der Waals surface area contributed by atoms with Gasteiger partial charge in [0.15, 0.2) is 24.9 Å². The Hall–Kier alpha value is -3.51. The van der Waals surface area contributed by atoms with Gasteiger partial charge < -0.3 is 28.4 Å². The second kappa shape index (κ2) is 13.7. The van der Waals surface area contributed by atoms with E-state index >= 15 is 0 Å². The summed E-state index contributed by atoms with van der Waals surface area (Å²) in [4.78, 5) is 81.6. The van der Waals surface area contributed by atoms with Gasteiger partial charge in [-0.05, 0) is 0 Å². The molecule has 0 aliphatic rings. The largest absolute Gasteiger partial charge is 0.462 e. The molecule has 0 aromatic heterocycles. The molecule has 13 nitrogen and oxygen atoms in total. The molecule has 0 amide bonds. The molecule has 0 aromatic carbocycles. The zero-order chi connectivity index (χ0) is 25.0. The molecule has 0 saturated carbocycles. The molecule has 4 atom stereocenters. The lowest BCUT2D eigenvalue weighted by atomic mass is 9.99. The maximum Gasteiger partial charge on any atom is 0.303 e. The van der Waals surface area contributed by atoms with Gasteiger partial charge in [0.25, 0.3) is 0 Å². The van der Waals surface area contributed by atoms with Gasteiger partial charge in [-0.15, -0.1) is 0 Å². The Morgan fingerprint density at radius 1 is 0.531 bits per heavy atom. The SMILES string of the molecule is [14CH3]C(=O)OCC(=O)[C@@H](OC([14CH3])=O)[C@@H](OC([14CH3])=O)[C@H](OC([14CH3])=O)[C@@H](COC([14CH3])=O)OC([14CH3])=O. The number of hydrogen-bond donors (Lipinski definition) is 0. The third-order valence-electron chi connectivity index (χ3n) is 3.39. The zero-order valence-electron chi connectivity index (χ0n) is 18.5. The predicted molar refractivity (Wildman–Crippen MR) is 100 cm³/mol. The molecule has 32 heavy (non-hydrogen) atoms. The van der Waals surface area contributed by atoms with Crippen molar-refractivity contribution in [3.05, 3.63) is 0 Å². The number of ketones is 1. The monoisotopic (exact) mass is 474 g/mol. The minimum Gasteiger partial charge on any atom is -0.462 e. The number of rotatable bonds is 12. The average molecular weight is 474 g/mol. The van der Waals surface area contributed by atoms with Gasteiger partial charge in [0.1, 0.15) is 6.61 Å². The summed E-state index contributed by atoms with van der Waals surface area (Å²) in [5.74, 6) is -6.47. The number of Topliss-reactive ketones (excluding diaryl/α,β-unsaturated/α-hetero) is 1. The normalized spacial score (nSPS) is 13.9. The Bertz CT molecular complexity index is 742. The predicted octanol–water partition coefficient (Wildman–Crippen LogP) is -0.591. The van der Waals surface area contributed by atoms with Crippen molar-refractivity contribution < 1.29 is 62.0 Å². The van der Waals surface area contributed by atoms with Crippen LogP contribution >= 0.6 is 0 Å². The molecule has 0 unspecified atom stereocenters. The molecule has 0 rings (SSSR count). The molecule has 180 valence electrons. The van der Waals surface area contributed by atoms with Gasteiger partial charge in [-0.25, -0.2) is 0 Å². The first kappa shape index (κ1) is 28.5. The van der Waals surface area contributed by atoms with Crippen LogP contribution in [0, 0.1) is 0 Å². The second-order valence-electron chi connectivity index (χ2n) is 6.38. The second-order valence-corrected chi connectivity index (χ2v) is 6.38. The third kappa shape index (κ3) is 11.6. The van der Waals surface area contributed by atoms with Crippen LogP contribution in [0.2, 0.25) is 0 Å². The van der Waals surface area contributed by atoms with Crippen LogP contribution in [0.15, 0.2) is 0 Å². The minimum absolute atomic E-state index is 0.657. The zero-order valence-corrected chi connectivity index (χ0v) is 18.5. The fourth-order valence-corrected chi connectivity index (χ4v) is 2.40. The molecular formula is C19H26O13. The number of ether oxygens (including phenoxy) is 6. The van der Waals surface area contributed by atoms with Crippen molar-refractivity contribution in [2.75, 3.05) is 13.2 Å². The lowest BCUT2D eigenvalue weighted by molar-refractivity contribution is -0.203. The van der Waals surface area contributed by atoms with Crippen molar-refractivity contribution in [1.82, 2.24) is 0 Å². The first-order chi connectivity index (χ1) is 14.7. The Kier molecular flexibility index (Phi) is 12.2. The van der Waals surface area contributed by atoms with Gasteiger partial charge in [0.05, 0.1) is 0 Å². The van der Waals surface area contributed by atoms with E-state index in [2.05, 4.69) is 4.74 Å². The van der Waals surface area contributed by atoms with Crippen molar-refractivity contribution in [2.24, 2.45) is 0 Å². The van der Waals surface area contributed by atoms with E-state index in [1.807, 2.05) is 0 Å². The molecule has 0 heterocycles. The highest BCUT2D eigenvalue weighted by atomic mass is 16.7. The van der Waals surface area contributed by atoms with E-state index in [0.717, 1.165) is 41.5 Å². The molecule has 0 saturated heterocycles. The molecule has 0 aliphatic carbocycles. The summed E-state index contributed by atoms with van der Waals surface area (Å²) in [6, 6.07) is 0. The van der Waals surface area contributed by atoms with Crippen molar-refractivity contribution in [1.29, 1.82) is 0 Å². The van der Waals surface area contributed by atoms with Crippen LogP contribution in [0.25, 0.3) is 0 Å². The fraction of sp³-hybridized carbons (Fsp3) is 0.632. The first-order valence-corrected chi connectivity index (χ1v) is 9.22. The molecule has 13 heteroatoms. The molecule has 0 N–H and O–H groups in total. The van der Waals surface area contributed by atoms with E-state index in [1.165, 1.54) is 0 Å². The number of carbonyl (C=O) groups is 7. The van der Waals surface area contributed by atoms with E-state index in [-0.39, 0.29) is 0 Å². The van der Waals surface area contributed by atoms with Crippen molar-refractivity contribution in [3.8, 4) is 0 Å². The van der Waals surface area contributed by atoms with E-state index in [0.29, 0.717) is 0 Å². The van der Waals surface area contributed by atoms with Crippen molar-refractivity contribution in [2.45, 2.75) is 66.0 Å². The summed E-state index contributed by atoms with van der Waals surface area (Å²) < 4.78 is 29.6. The molecular weight excluding hydrogens is 448 g/mol. The van der Waals surface area contributed by atoms with Crippen molar-refractivity contribution in [3.63, 3.8) is 0 Å². The molecule has 0 fully saturated rings. The van der Waals surface area contributed by atoms with E-state index in [4.69, 9.17) is 23.7 Å². The van der Waals surface area contributed by atoms with Gasteiger partial charge in [0, 0.05) is 41.5 Å². The Labute approximate surface area is 183 Å². The van der Waals surface area contributed by atoms with Gasteiger partial charge in [0.2, 0.25) is 11.9 Å². The van der Waals surface area contributed by atoms with Crippen LogP contribution in [0.1, 0.15) is 41.5 Å². The highest BCUT2D eigenvalue weighted by Crippen LogP contribution is 2.21. The topological polar surface area (TPSA) is 175 Å². The standard InChI is InChI=1S/C19H26O13/c1-9(20)27-7-15(26)17(30-12(4)23)19(32-14(6)25)18(31-13(5)24)16(29-11(3)22)8-28-10(2)21/h16-19H,7-8H2,1-6H3/t16-,17-,18-,19-/m1/s1/i1+2,2+2,3+2,4+2,5+2,6+2. The van der Waals surface area contributed by atoms with Gasteiger partial charge in [-0.1, -0.05) is 0 Å². The van der Waals surface area contributed by atoms with Gasteiger partial charge in [-0.2, -0.15) is 0 Å². The maximum absolute atomic E-state index is 12.6. The molecule has 0 aromatic rings. The first-order valence-electron chi connectivity index (χ1n) is 9.22. The summed E-state index contributed by atoms with van der Waals surface area (Å²) in [5.41, 5.74) is 0. The highest BCUT2D eigenvalue weighted by Gasteiger charge is 2.46. The lowest BCUT2D eigenvalue weighted by Gasteiger charge is -2.34. The average Bonchev–Trinajstić information content (AvgIpc) is 2.63. The summed E-state index contributed by atoms with van der Waals surface area (Å²) in [6.45, 7) is 4.41. The Morgan fingerprint density at radius 2 is 0.969 bits per heavy atom. The summed E-state index contributed by atoms with van der Waals surface area (Å²) in [7, 11) is 0. The van der Waals surface area contributed by atoms with E-state index in [9.17, 15) is 33.6 Å². The molecule has 0 radical (unpaired) electrons. The molecule has 0 spiro atoms. The van der Waals surface area contributed by atoms with Crippen LogP contribution in [-0.4, -0.2) is 79.2 Å². The Balaban J connectivity index is 6.40. The number of esters is 6. The number of hydrogen-bond acceptors (Lipinski definition) is 13. The molecule has 0 bridgehead atoms. The van der Waals surface area contributed by atoms with Gasteiger partial charge >= 0.3 is 35.8 Å². The van der Waals surface area contributed by atoms with E-state index < -0.39 is 79.2 Å². The van der Waals surface area contributed by atoms with Crippen LogP contribution in [0.4, 0.5) is 0 Å².